The van der Waals surface area contributed by atoms with Crippen molar-refractivity contribution in [3.05, 3.63) is 15.6 Å². The van der Waals surface area contributed by atoms with Gasteiger partial charge in [-0.05, 0) is 25.8 Å². The van der Waals surface area contributed by atoms with Crippen LogP contribution in [0.15, 0.2) is 0 Å². The van der Waals surface area contributed by atoms with Gasteiger partial charge in [0.25, 0.3) is 0 Å². The van der Waals surface area contributed by atoms with Crippen LogP contribution in [0.5, 0.6) is 0 Å². The molecule has 0 bridgehead atoms. The highest BCUT2D eigenvalue weighted by molar-refractivity contribution is 7.11. The average Bonchev–Trinajstić information content (AvgIpc) is 2.48. The molecular formula is C11H20N2S. The molecule has 0 aliphatic carbocycles. The maximum Gasteiger partial charge on any atom is 0.0956 e. The van der Waals surface area contributed by atoms with Crippen molar-refractivity contribution in [3.63, 3.8) is 0 Å². The van der Waals surface area contributed by atoms with Crippen LogP contribution in [0.3, 0.4) is 0 Å². The Labute approximate surface area is 90.6 Å². The van der Waals surface area contributed by atoms with E-state index >= 15 is 0 Å². The Balaban J connectivity index is 2.77. The zero-order valence-electron chi connectivity index (χ0n) is 9.50. The van der Waals surface area contributed by atoms with Gasteiger partial charge in [-0.25, -0.2) is 4.98 Å². The van der Waals surface area contributed by atoms with Gasteiger partial charge in [0.05, 0.1) is 10.7 Å². The first-order valence-corrected chi connectivity index (χ1v) is 6.02. The van der Waals surface area contributed by atoms with Crippen molar-refractivity contribution >= 4 is 11.3 Å². The number of hydrogen-bond acceptors (Lipinski definition) is 3. The first-order chi connectivity index (χ1) is 6.54. The van der Waals surface area contributed by atoms with Gasteiger partial charge in [-0.2, -0.15) is 0 Å². The van der Waals surface area contributed by atoms with Crippen LogP contribution < -0.4 is 5.73 Å². The molecule has 2 N–H and O–H groups in total. The number of thiazole rings is 1. The lowest BCUT2D eigenvalue weighted by Gasteiger charge is -2.05. The third kappa shape index (κ3) is 2.79. The van der Waals surface area contributed by atoms with Crippen LogP contribution in [0.2, 0.25) is 0 Å². The SMILES string of the molecule is Cc1nc(C(C)C)sc1CC(C)CN. The predicted octanol–water partition coefficient (Wildman–Crippen LogP) is 2.71. The monoisotopic (exact) mass is 212 g/mol. The fourth-order valence-electron chi connectivity index (χ4n) is 1.29. The Morgan fingerprint density at radius 1 is 1.36 bits per heavy atom. The van der Waals surface area contributed by atoms with Crippen molar-refractivity contribution in [3.8, 4) is 0 Å². The molecule has 3 heteroatoms. The summed E-state index contributed by atoms with van der Waals surface area (Å²) >= 11 is 1.84. The molecule has 1 unspecified atom stereocenters. The highest BCUT2D eigenvalue weighted by Gasteiger charge is 2.12. The molecule has 1 rings (SSSR count). The second-order valence-corrected chi connectivity index (χ2v) is 5.38. The Morgan fingerprint density at radius 3 is 2.43 bits per heavy atom. The molecule has 0 fully saturated rings. The van der Waals surface area contributed by atoms with Crippen LogP contribution in [0, 0.1) is 12.8 Å². The van der Waals surface area contributed by atoms with Gasteiger partial charge in [0.1, 0.15) is 0 Å². The van der Waals surface area contributed by atoms with Crippen molar-refractivity contribution in [2.75, 3.05) is 6.54 Å². The molecule has 0 spiro atoms. The normalized spacial score (nSPS) is 13.6. The van der Waals surface area contributed by atoms with Gasteiger partial charge in [-0.15, -0.1) is 11.3 Å². The van der Waals surface area contributed by atoms with Crippen molar-refractivity contribution < 1.29 is 0 Å². The fourth-order valence-corrected chi connectivity index (χ4v) is 2.52. The van der Waals surface area contributed by atoms with E-state index in [1.165, 1.54) is 15.6 Å². The smallest absolute Gasteiger partial charge is 0.0956 e. The quantitative estimate of drug-likeness (QED) is 0.833. The molecule has 14 heavy (non-hydrogen) atoms. The second kappa shape index (κ2) is 4.89. The van der Waals surface area contributed by atoms with Gasteiger partial charge < -0.3 is 5.73 Å². The second-order valence-electron chi connectivity index (χ2n) is 4.26. The molecule has 1 atom stereocenters. The van der Waals surface area contributed by atoms with E-state index in [4.69, 9.17) is 5.73 Å². The van der Waals surface area contributed by atoms with Crippen molar-refractivity contribution in [1.29, 1.82) is 0 Å². The van der Waals surface area contributed by atoms with Gasteiger partial charge in [-0.1, -0.05) is 20.8 Å². The molecule has 1 aromatic rings. The first-order valence-electron chi connectivity index (χ1n) is 5.20. The number of aromatic nitrogens is 1. The molecular weight excluding hydrogens is 192 g/mol. The highest BCUT2D eigenvalue weighted by atomic mass is 32.1. The summed E-state index contributed by atoms with van der Waals surface area (Å²) in [4.78, 5) is 5.98. The summed E-state index contributed by atoms with van der Waals surface area (Å²) in [5.41, 5.74) is 6.81. The summed E-state index contributed by atoms with van der Waals surface area (Å²) < 4.78 is 0. The van der Waals surface area contributed by atoms with Crippen LogP contribution in [0.4, 0.5) is 0 Å². The molecule has 0 aliphatic heterocycles. The molecule has 0 aromatic carbocycles. The number of nitrogens with two attached hydrogens (primary N) is 1. The first kappa shape index (κ1) is 11.7. The Bertz CT molecular complexity index is 291. The average molecular weight is 212 g/mol. The molecule has 1 aromatic heterocycles. The summed E-state index contributed by atoms with van der Waals surface area (Å²) in [6, 6.07) is 0. The van der Waals surface area contributed by atoms with E-state index in [9.17, 15) is 0 Å². The van der Waals surface area contributed by atoms with E-state index in [1.54, 1.807) is 0 Å². The Kier molecular flexibility index (Phi) is 4.08. The van der Waals surface area contributed by atoms with Gasteiger partial charge in [0.15, 0.2) is 0 Å². The van der Waals surface area contributed by atoms with E-state index in [2.05, 4.69) is 32.7 Å². The van der Waals surface area contributed by atoms with E-state index < -0.39 is 0 Å². The molecule has 2 nitrogen and oxygen atoms in total. The van der Waals surface area contributed by atoms with Crippen LogP contribution in [0.25, 0.3) is 0 Å². The van der Waals surface area contributed by atoms with Gasteiger partial charge in [0, 0.05) is 10.8 Å². The van der Waals surface area contributed by atoms with Crippen LogP contribution >= 0.6 is 11.3 Å². The standard InChI is InChI=1S/C11H20N2S/c1-7(2)11-13-9(4)10(14-11)5-8(3)6-12/h7-8H,5-6,12H2,1-4H3. The van der Waals surface area contributed by atoms with Crippen molar-refractivity contribution in [2.45, 2.75) is 40.0 Å². The van der Waals surface area contributed by atoms with Crippen LogP contribution in [0.1, 0.15) is 42.3 Å². The lowest BCUT2D eigenvalue weighted by Crippen LogP contribution is -2.12. The van der Waals surface area contributed by atoms with E-state index in [0.29, 0.717) is 11.8 Å². The van der Waals surface area contributed by atoms with Gasteiger partial charge >= 0.3 is 0 Å². The highest BCUT2D eigenvalue weighted by Crippen LogP contribution is 2.26. The largest absolute Gasteiger partial charge is 0.330 e. The summed E-state index contributed by atoms with van der Waals surface area (Å²) in [5.74, 6) is 1.11. The molecule has 1 heterocycles. The topological polar surface area (TPSA) is 38.9 Å². The fraction of sp³-hybridized carbons (Fsp3) is 0.727. The van der Waals surface area contributed by atoms with E-state index in [-0.39, 0.29) is 0 Å². The van der Waals surface area contributed by atoms with Gasteiger partial charge in [0.2, 0.25) is 0 Å². The predicted molar refractivity (Wildman–Crippen MR) is 62.9 cm³/mol. The minimum atomic E-state index is 0.542. The molecule has 0 amide bonds. The molecule has 0 saturated heterocycles. The lowest BCUT2D eigenvalue weighted by atomic mass is 10.1. The van der Waals surface area contributed by atoms with E-state index in [1.807, 2.05) is 11.3 Å². The summed E-state index contributed by atoms with van der Waals surface area (Å²) in [7, 11) is 0. The zero-order chi connectivity index (χ0) is 10.7. The maximum atomic E-state index is 5.62. The number of nitrogens with zero attached hydrogens (tertiary/aromatic N) is 1. The zero-order valence-corrected chi connectivity index (χ0v) is 10.3. The third-order valence-corrected chi connectivity index (χ3v) is 3.82. The number of aryl methyl sites for hydroxylation is 1. The van der Waals surface area contributed by atoms with Gasteiger partial charge in [-0.3, -0.25) is 0 Å². The van der Waals surface area contributed by atoms with Crippen LogP contribution in [-0.2, 0) is 6.42 Å². The maximum absolute atomic E-state index is 5.62. The lowest BCUT2D eigenvalue weighted by molar-refractivity contribution is 0.596. The Morgan fingerprint density at radius 2 is 2.00 bits per heavy atom. The molecule has 0 aliphatic rings. The molecule has 0 radical (unpaired) electrons. The number of hydrogen-bond donors (Lipinski definition) is 1. The summed E-state index contributed by atoms with van der Waals surface area (Å²) in [6.07, 6.45) is 1.08. The molecule has 0 saturated carbocycles. The van der Waals surface area contributed by atoms with Crippen molar-refractivity contribution in [2.24, 2.45) is 11.7 Å². The number of rotatable bonds is 4. The third-order valence-electron chi connectivity index (χ3n) is 2.34. The summed E-state index contributed by atoms with van der Waals surface area (Å²) in [6.45, 7) is 9.42. The van der Waals surface area contributed by atoms with Crippen molar-refractivity contribution in [1.82, 2.24) is 4.98 Å². The summed E-state index contributed by atoms with van der Waals surface area (Å²) in [5, 5.41) is 1.25. The minimum Gasteiger partial charge on any atom is -0.330 e. The minimum absolute atomic E-state index is 0.542. The molecule has 80 valence electrons. The van der Waals surface area contributed by atoms with E-state index in [0.717, 1.165) is 13.0 Å². The Hall–Kier alpha value is -0.410. The van der Waals surface area contributed by atoms with Crippen LogP contribution in [-0.4, -0.2) is 11.5 Å².